The predicted molar refractivity (Wildman–Crippen MR) is 98.6 cm³/mol. The highest BCUT2D eigenvalue weighted by Crippen LogP contribution is 2.20. The van der Waals surface area contributed by atoms with Gasteiger partial charge < -0.3 is 15.0 Å². The Bertz CT molecular complexity index is 680. The van der Waals surface area contributed by atoms with E-state index in [-0.39, 0.29) is 18.0 Å². The van der Waals surface area contributed by atoms with E-state index in [0.29, 0.717) is 12.1 Å². The van der Waals surface area contributed by atoms with Gasteiger partial charge in [-0.2, -0.15) is 0 Å². The molecule has 7 nitrogen and oxygen atoms in total. The quantitative estimate of drug-likeness (QED) is 0.823. The smallest absolute Gasteiger partial charge is 0.242 e. The number of ether oxygens (including phenoxy) is 1. The Kier molecular flexibility index (Phi) is 6.40. The van der Waals surface area contributed by atoms with Gasteiger partial charge in [-0.05, 0) is 39.3 Å². The van der Waals surface area contributed by atoms with E-state index in [2.05, 4.69) is 15.2 Å². The average molecular weight is 369 g/mol. The molecule has 140 valence electrons. The number of pyridine rings is 1. The van der Waals surface area contributed by atoms with Crippen LogP contribution < -0.4 is 10.2 Å². The maximum atomic E-state index is 12.2. The largest absolute Gasteiger partial charge is 0.372 e. The molecule has 0 bridgehead atoms. The summed E-state index contributed by atoms with van der Waals surface area (Å²) >= 11 is 0. The molecule has 0 radical (unpaired) electrons. The van der Waals surface area contributed by atoms with Crippen molar-refractivity contribution in [1.29, 1.82) is 0 Å². The molecule has 2 rings (SSSR count). The van der Waals surface area contributed by atoms with Crippen LogP contribution in [0.5, 0.6) is 0 Å². The third kappa shape index (κ3) is 5.15. The Balaban J connectivity index is 2.01. The molecule has 1 saturated heterocycles. The minimum absolute atomic E-state index is 0.00613. The van der Waals surface area contributed by atoms with E-state index >= 15 is 0 Å². The van der Waals surface area contributed by atoms with E-state index in [1.165, 1.54) is 6.92 Å². The Hall–Kier alpha value is -1.67. The average Bonchev–Trinajstić information content (AvgIpc) is 2.53. The first-order chi connectivity index (χ1) is 11.7. The van der Waals surface area contributed by atoms with Crippen LogP contribution in [0.2, 0.25) is 0 Å². The van der Waals surface area contributed by atoms with Gasteiger partial charge in [-0.15, -0.1) is 0 Å². The van der Waals surface area contributed by atoms with Crippen LogP contribution in [0.15, 0.2) is 18.3 Å². The number of nitrogens with zero attached hydrogens (tertiary/aromatic N) is 2. The van der Waals surface area contributed by atoms with Gasteiger partial charge in [0.2, 0.25) is 5.91 Å². The number of hydrogen-bond acceptors (Lipinski definition) is 6. The monoisotopic (exact) mass is 369 g/mol. The molecular formula is C17H27N3O4S. The third-order valence-electron chi connectivity index (χ3n) is 4.16. The summed E-state index contributed by atoms with van der Waals surface area (Å²) in [4.78, 5) is 18.7. The fourth-order valence-corrected chi connectivity index (χ4v) is 4.19. The van der Waals surface area contributed by atoms with Crippen LogP contribution in [0.1, 0.15) is 34.1 Å². The number of morpholine rings is 1. The SMILES string of the molecule is CCCS(=O)(=O)C(C)C(=O)Nc1ccc(N2CC(C)OC(C)C2)nc1. The van der Waals surface area contributed by atoms with E-state index < -0.39 is 21.0 Å². The summed E-state index contributed by atoms with van der Waals surface area (Å²) in [6, 6.07) is 3.57. The fourth-order valence-electron chi connectivity index (χ4n) is 2.88. The Morgan fingerprint density at radius 2 is 2.00 bits per heavy atom. The molecular weight excluding hydrogens is 342 g/mol. The zero-order valence-corrected chi connectivity index (χ0v) is 16.0. The predicted octanol–water partition coefficient (Wildman–Crippen LogP) is 1.85. The van der Waals surface area contributed by atoms with Gasteiger partial charge in [-0.1, -0.05) is 6.92 Å². The number of nitrogens with one attached hydrogen (secondary N) is 1. The van der Waals surface area contributed by atoms with Crippen molar-refractivity contribution < 1.29 is 17.9 Å². The molecule has 8 heteroatoms. The molecule has 1 aliphatic heterocycles. The van der Waals surface area contributed by atoms with E-state index in [0.717, 1.165) is 18.9 Å². The Morgan fingerprint density at radius 3 is 2.52 bits per heavy atom. The van der Waals surface area contributed by atoms with E-state index in [9.17, 15) is 13.2 Å². The van der Waals surface area contributed by atoms with Gasteiger partial charge in [0.1, 0.15) is 11.1 Å². The first-order valence-electron chi connectivity index (χ1n) is 8.61. The molecule has 2 heterocycles. The summed E-state index contributed by atoms with van der Waals surface area (Å²) in [6.45, 7) is 8.76. The second kappa shape index (κ2) is 8.14. The van der Waals surface area contributed by atoms with Crippen LogP contribution in [0.4, 0.5) is 11.5 Å². The number of carbonyl (C=O) groups is 1. The molecule has 3 atom stereocenters. The summed E-state index contributed by atoms with van der Waals surface area (Å²) < 4.78 is 29.7. The van der Waals surface area contributed by atoms with Crippen molar-refractivity contribution in [2.24, 2.45) is 0 Å². The molecule has 0 aliphatic carbocycles. The molecule has 1 fully saturated rings. The van der Waals surface area contributed by atoms with Crippen LogP contribution in [-0.4, -0.2) is 55.6 Å². The highest BCUT2D eigenvalue weighted by atomic mass is 32.2. The van der Waals surface area contributed by atoms with E-state index in [1.807, 2.05) is 19.9 Å². The van der Waals surface area contributed by atoms with Crippen LogP contribution in [-0.2, 0) is 19.4 Å². The normalized spacial score (nSPS) is 22.5. The molecule has 1 amide bonds. The van der Waals surface area contributed by atoms with Gasteiger partial charge >= 0.3 is 0 Å². The number of sulfone groups is 1. The third-order valence-corrected chi connectivity index (χ3v) is 6.42. The highest BCUT2D eigenvalue weighted by Gasteiger charge is 2.27. The van der Waals surface area contributed by atoms with Crippen LogP contribution >= 0.6 is 0 Å². The summed E-state index contributed by atoms with van der Waals surface area (Å²) in [5.74, 6) is 0.287. The molecule has 1 N–H and O–H groups in total. The number of aromatic nitrogens is 1. The summed E-state index contributed by atoms with van der Waals surface area (Å²) in [7, 11) is -3.42. The van der Waals surface area contributed by atoms with Crippen molar-refractivity contribution in [2.75, 3.05) is 29.1 Å². The van der Waals surface area contributed by atoms with Crippen molar-refractivity contribution in [3.05, 3.63) is 18.3 Å². The summed E-state index contributed by atoms with van der Waals surface area (Å²) in [6.07, 6.45) is 2.31. The zero-order valence-electron chi connectivity index (χ0n) is 15.2. The number of amides is 1. The maximum absolute atomic E-state index is 12.2. The van der Waals surface area contributed by atoms with Crippen molar-refractivity contribution in [3.63, 3.8) is 0 Å². The van der Waals surface area contributed by atoms with Crippen LogP contribution in [0, 0.1) is 0 Å². The first-order valence-corrected chi connectivity index (χ1v) is 10.3. The standard InChI is InChI=1S/C17H27N3O4S/c1-5-8-25(22,23)14(4)17(21)19-15-6-7-16(18-9-15)20-10-12(2)24-13(3)11-20/h6-7,9,12-14H,5,8,10-11H2,1-4H3,(H,19,21). The van der Waals surface area contributed by atoms with E-state index in [1.54, 1.807) is 19.2 Å². The summed E-state index contributed by atoms with van der Waals surface area (Å²) in [5, 5.41) is 1.55. The van der Waals surface area contributed by atoms with Gasteiger partial charge in [0.25, 0.3) is 0 Å². The van der Waals surface area contributed by atoms with Gasteiger partial charge in [-0.25, -0.2) is 13.4 Å². The second-order valence-electron chi connectivity index (χ2n) is 6.57. The number of anilines is 2. The maximum Gasteiger partial charge on any atom is 0.242 e. The summed E-state index contributed by atoms with van der Waals surface area (Å²) in [5.41, 5.74) is 0.488. The van der Waals surface area contributed by atoms with Crippen LogP contribution in [0.25, 0.3) is 0 Å². The van der Waals surface area contributed by atoms with Crippen molar-refractivity contribution in [2.45, 2.75) is 51.6 Å². The Morgan fingerprint density at radius 1 is 1.36 bits per heavy atom. The number of carbonyl (C=O) groups excluding carboxylic acids is 1. The van der Waals surface area contributed by atoms with Crippen molar-refractivity contribution in [3.8, 4) is 0 Å². The minimum Gasteiger partial charge on any atom is -0.372 e. The zero-order chi connectivity index (χ0) is 18.6. The Labute approximate surface area is 149 Å². The van der Waals surface area contributed by atoms with Gasteiger partial charge in [0.05, 0.1) is 29.8 Å². The molecule has 1 aromatic heterocycles. The molecule has 25 heavy (non-hydrogen) atoms. The second-order valence-corrected chi connectivity index (χ2v) is 9.01. The molecule has 0 spiro atoms. The number of rotatable bonds is 6. The van der Waals surface area contributed by atoms with Gasteiger partial charge in [0, 0.05) is 13.1 Å². The van der Waals surface area contributed by atoms with Crippen molar-refractivity contribution >= 4 is 27.2 Å². The number of hydrogen-bond donors (Lipinski definition) is 1. The lowest BCUT2D eigenvalue weighted by Gasteiger charge is -2.36. The van der Waals surface area contributed by atoms with E-state index in [4.69, 9.17) is 4.74 Å². The minimum atomic E-state index is -3.42. The molecule has 0 saturated carbocycles. The molecule has 1 aliphatic rings. The van der Waals surface area contributed by atoms with Crippen LogP contribution in [0.3, 0.4) is 0 Å². The fraction of sp³-hybridized carbons (Fsp3) is 0.647. The van der Waals surface area contributed by atoms with Crippen molar-refractivity contribution in [1.82, 2.24) is 4.98 Å². The first kappa shape index (κ1) is 19.7. The lowest BCUT2D eigenvalue weighted by atomic mass is 10.2. The molecule has 3 unspecified atom stereocenters. The molecule has 0 aromatic carbocycles. The van der Waals surface area contributed by atoms with Gasteiger partial charge in [-0.3, -0.25) is 4.79 Å². The topological polar surface area (TPSA) is 88.6 Å². The highest BCUT2D eigenvalue weighted by molar-refractivity contribution is 7.92. The molecule has 1 aromatic rings. The lowest BCUT2D eigenvalue weighted by Crippen LogP contribution is -2.45. The van der Waals surface area contributed by atoms with Gasteiger partial charge in [0.15, 0.2) is 9.84 Å². The lowest BCUT2D eigenvalue weighted by molar-refractivity contribution is -0.115.